The molecule has 3 saturated carbocycles. The highest BCUT2D eigenvalue weighted by atomic mass is 16.5. The van der Waals surface area contributed by atoms with Crippen LogP contribution in [0.5, 0.6) is 5.75 Å². The number of rotatable bonds is 5. The summed E-state index contributed by atoms with van der Waals surface area (Å²) in [5.41, 5.74) is -0.275. The van der Waals surface area contributed by atoms with Crippen LogP contribution in [-0.4, -0.2) is 61.8 Å². The number of carbonyl (C=O) groups is 2. The zero-order valence-electron chi connectivity index (χ0n) is 18.3. The Kier molecular flexibility index (Phi) is 5.42. The van der Waals surface area contributed by atoms with Crippen LogP contribution in [0.4, 0.5) is 0 Å². The molecule has 1 aromatic carbocycles. The SMILES string of the molecule is C[C@@]12CC[C@H](C[C@@H]1C(=O)NCCCN1CCOCC1)[C@@]1(C2)NC(=O)c2ccccc2O1. The van der Waals surface area contributed by atoms with E-state index < -0.39 is 5.72 Å². The Bertz CT molecular complexity index is 855. The Labute approximate surface area is 183 Å². The molecule has 2 N–H and O–H groups in total. The summed E-state index contributed by atoms with van der Waals surface area (Å²) in [6.45, 7) is 7.46. The van der Waals surface area contributed by atoms with E-state index in [2.05, 4.69) is 22.5 Å². The van der Waals surface area contributed by atoms with Gasteiger partial charge in [-0.15, -0.1) is 0 Å². The van der Waals surface area contributed by atoms with Crippen LogP contribution in [0.3, 0.4) is 0 Å². The molecule has 2 heterocycles. The number of nitrogens with one attached hydrogen (secondary N) is 2. The highest BCUT2D eigenvalue weighted by Crippen LogP contribution is 2.58. The fourth-order valence-electron chi connectivity index (χ4n) is 6.12. The number of morpholine rings is 1. The van der Waals surface area contributed by atoms with Crippen molar-refractivity contribution in [3.05, 3.63) is 29.8 Å². The van der Waals surface area contributed by atoms with E-state index in [4.69, 9.17) is 9.47 Å². The van der Waals surface area contributed by atoms with Gasteiger partial charge in [0.05, 0.1) is 18.8 Å². The Morgan fingerprint density at radius 1 is 1.29 bits per heavy atom. The normalized spacial score (nSPS) is 34.7. The van der Waals surface area contributed by atoms with Crippen LogP contribution in [-0.2, 0) is 9.53 Å². The smallest absolute Gasteiger partial charge is 0.258 e. The van der Waals surface area contributed by atoms with Crippen molar-refractivity contribution in [1.82, 2.24) is 15.5 Å². The number of hydrogen-bond donors (Lipinski definition) is 2. The first kappa shape index (κ1) is 20.8. The highest BCUT2D eigenvalue weighted by molar-refractivity contribution is 5.98. The van der Waals surface area contributed by atoms with Crippen LogP contribution in [0, 0.1) is 17.3 Å². The van der Waals surface area contributed by atoms with Crippen LogP contribution in [0.2, 0.25) is 0 Å². The van der Waals surface area contributed by atoms with E-state index >= 15 is 0 Å². The molecule has 5 aliphatic rings. The second kappa shape index (κ2) is 8.10. The maximum atomic E-state index is 13.1. The quantitative estimate of drug-likeness (QED) is 0.704. The van der Waals surface area contributed by atoms with Gasteiger partial charge in [0.2, 0.25) is 5.91 Å². The zero-order chi connectivity index (χ0) is 21.5. The molecule has 3 aliphatic carbocycles. The summed E-state index contributed by atoms with van der Waals surface area (Å²) in [4.78, 5) is 28.3. The molecule has 0 aromatic heterocycles. The summed E-state index contributed by atoms with van der Waals surface area (Å²) in [6.07, 6.45) is 4.36. The second-order valence-electron chi connectivity index (χ2n) is 9.90. The molecule has 0 radical (unpaired) electrons. The molecule has 2 bridgehead atoms. The zero-order valence-corrected chi connectivity index (χ0v) is 18.3. The Balaban J connectivity index is 1.21. The minimum absolute atomic E-state index is 0.0297. The molecule has 2 amide bonds. The Hall–Kier alpha value is -2.12. The lowest BCUT2D eigenvalue weighted by Gasteiger charge is -2.59. The van der Waals surface area contributed by atoms with E-state index in [1.165, 1.54) is 0 Å². The lowest BCUT2D eigenvalue weighted by Crippen LogP contribution is -2.69. The lowest BCUT2D eigenvalue weighted by molar-refractivity contribution is -0.167. The van der Waals surface area contributed by atoms with Crippen LogP contribution in [0.15, 0.2) is 24.3 Å². The molecular weight excluding hydrogens is 394 g/mol. The van der Waals surface area contributed by atoms with Crippen molar-refractivity contribution in [3.63, 3.8) is 0 Å². The molecule has 7 heteroatoms. The van der Waals surface area contributed by atoms with E-state index in [1.807, 2.05) is 18.2 Å². The van der Waals surface area contributed by atoms with Gasteiger partial charge in [-0.1, -0.05) is 19.1 Å². The van der Waals surface area contributed by atoms with E-state index in [9.17, 15) is 9.59 Å². The summed E-state index contributed by atoms with van der Waals surface area (Å²) < 4.78 is 11.8. The summed E-state index contributed by atoms with van der Waals surface area (Å²) in [5, 5.41) is 6.38. The first-order chi connectivity index (χ1) is 15.0. The minimum Gasteiger partial charge on any atom is -0.467 e. The van der Waals surface area contributed by atoms with Gasteiger partial charge in [-0.3, -0.25) is 14.5 Å². The molecule has 4 fully saturated rings. The largest absolute Gasteiger partial charge is 0.467 e. The number of nitrogens with zero attached hydrogens (tertiary/aromatic N) is 1. The van der Waals surface area contributed by atoms with Crippen LogP contribution < -0.4 is 15.4 Å². The highest BCUT2D eigenvalue weighted by Gasteiger charge is 2.61. The third kappa shape index (κ3) is 3.82. The van der Waals surface area contributed by atoms with Gasteiger partial charge in [-0.05, 0) is 49.8 Å². The van der Waals surface area contributed by atoms with Gasteiger partial charge < -0.3 is 20.1 Å². The van der Waals surface area contributed by atoms with Gasteiger partial charge >= 0.3 is 0 Å². The Morgan fingerprint density at radius 3 is 2.90 bits per heavy atom. The third-order valence-electron chi connectivity index (χ3n) is 7.87. The summed E-state index contributed by atoms with van der Waals surface area (Å²) in [6, 6.07) is 7.43. The van der Waals surface area contributed by atoms with Gasteiger partial charge in [0.25, 0.3) is 5.91 Å². The molecule has 1 spiro atoms. The molecule has 1 saturated heterocycles. The number of amides is 2. The monoisotopic (exact) mass is 427 g/mol. The van der Waals surface area contributed by atoms with E-state index in [-0.39, 0.29) is 29.1 Å². The molecular formula is C24H33N3O4. The van der Waals surface area contributed by atoms with Crippen LogP contribution >= 0.6 is 0 Å². The first-order valence-electron chi connectivity index (χ1n) is 11.7. The number of para-hydroxylation sites is 1. The van der Waals surface area contributed by atoms with Gasteiger partial charge in [-0.25, -0.2) is 0 Å². The van der Waals surface area contributed by atoms with E-state index in [1.54, 1.807) is 6.07 Å². The maximum absolute atomic E-state index is 13.1. The molecule has 168 valence electrons. The molecule has 1 aromatic rings. The predicted molar refractivity (Wildman–Crippen MR) is 116 cm³/mol. The Morgan fingerprint density at radius 2 is 2.10 bits per heavy atom. The summed E-state index contributed by atoms with van der Waals surface area (Å²) in [5.74, 6) is 0.869. The number of hydrogen-bond acceptors (Lipinski definition) is 5. The summed E-state index contributed by atoms with van der Waals surface area (Å²) >= 11 is 0. The summed E-state index contributed by atoms with van der Waals surface area (Å²) in [7, 11) is 0. The molecule has 6 rings (SSSR count). The van der Waals surface area contributed by atoms with Crippen molar-refractivity contribution in [3.8, 4) is 5.75 Å². The van der Waals surface area contributed by atoms with Crippen molar-refractivity contribution < 1.29 is 19.1 Å². The predicted octanol–water partition coefficient (Wildman–Crippen LogP) is 2.17. The number of fused-ring (bicyclic) bond motifs is 3. The van der Waals surface area contributed by atoms with Gasteiger partial charge in [0, 0.05) is 37.9 Å². The fourth-order valence-corrected chi connectivity index (χ4v) is 6.12. The van der Waals surface area contributed by atoms with Crippen molar-refractivity contribution >= 4 is 11.8 Å². The molecule has 0 unspecified atom stereocenters. The molecule has 2 aliphatic heterocycles. The van der Waals surface area contributed by atoms with Crippen molar-refractivity contribution in [2.24, 2.45) is 17.3 Å². The fraction of sp³-hybridized carbons (Fsp3) is 0.667. The van der Waals surface area contributed by atoms with E-state index in [0.717, 1.165) is 58.5 Å². The topological polar surface area (TPSA) is 79.9 Å². The third-order valence-corrected chi connectivity index (χ3v) is 7.87. The van der Waals surface area contributed by atoms with E-state index in [0.29, 0.717) is 24.3 Å². The van der Waals surface area contributed by atoms with Crippen molar-refractivity contribution in [2.45, 2.75) is 44.8 Å². The van der Waals surface area contributed by atoms with Gasteiger partial charge in [0.1, 0.15) is 5.75 Å². The molecule has 4 atom stereocenters. The average molecular weight is 428 g/mol. The van der Waals surface area contributed by atoms with Crippen molar-refractivity contribution in [2.75, 3.05) is 39.4 Å². The maximum Gasteiger partial charge on any atom is 0.258 e. The van der Waals surface area contributed by atoms with Gasteiger partial charge in [0.15, 0.2) is 5.72 Å². The lowest BCUT2D eigenvalue weighted by atomic mass is 9.52. The average Bonchev–Trinajstić information content (AvgIpc) is 2.77. The standard InChI is InChI=1S/C24H33N3O4/c1-23-8-7-17(24(16-23)26-21(28)18-5-2-3-6-20(18)31-24)15-19(23)22(29)25-9-4-10-27-11-13-30-14-12-27/h2-3,5-6,17,19H,4,7-16H2,1H3,(H,25,29)(H,26,28)/t17-,19-,23+,24+/m1/s1. The number of carbonyl (C=O) groups excluding carboxylic acids is 2. The molecule has 31 heavy (non-hydrogen) atoms. The van der Waals surface area contributed by atoms with Crippen LogP contribution in [0.1, 0.15) is 49.4 Å². The number of ether oxygens (including phenoxy) is 2. The number of benzene rings is 1. The molecule has 7 nitrogen and oxygen atoms in total. The first-order valence-corrected chi connectivity index (χ1v) is 11.7. The van der Waals surface area contributed by atoms with Crippen LogP contribution in [0.25, 0.3) is 0 Å². The minimum atomic E-state index is -0.689. The van der Waals surface area contributed by atoms with Gasteiger partial charge in [-0.2, -0.15) is 0 Å². The second-order valence-corrected chi connectivity index (χ2v) is 9.90. The van der Waals surface area contributed by atoms with Crippen molar-refractivity contribution in [1.29, 1.82) is 0 Å².